The molecule has 1 rings (SSSR count). The average Bonchev–Trinajstić information content (AvgIpc) is 3.12. The van der Waals surface area contributed by atoms with Crippen LogP contribution in [0, 0.1) is 0 Å². The second-order valence-electron chi connectivity index (χ2n) is 6.02. The van der Waals surface area contributed by atoms with E-state index < -0.39 is 11.9 Å². The smallest absolute Gasteiger partial charge is 0.331 e. The fourth-order valence-electron chi connectivity index (χ4n) is 1.85. The Balaban J connectivity index is 0. The van der Waals surface area contributed by atoms with Gasteiger partial charge in [0.05, 0.1) is 19.5 Å². The Morgan fingerprint density at radius 3 is 1.73 bits per heavy atom. The first-order chi connectivity index (χ1) is 14.3. The van der Waals surface area contributed by atoms with Gasteiger partial charge in [-0.3, -0.25) is 9.59 Å². The Kier molecular flexibility index (Phi) is 20.3. The van der Waals surface area contributed by atoms with Crippen molar-refractivity contribution in [3.8, 4) is 0 Å². The first-order valence-electron chi connectivity index (χ1n) is 10.0. The van der Waals surface area contributed by atoms with Crippen molar-refractivity contribution in [3.63, 3.8) is 0 Å². The summed E-state index contributed by atoms with van der Waals surface area (Å²) < 4.78 is 13.8. The van der Waals surface area contributed by atoms with E-state index >= 15 is 0 Å². The molecule has 1 aliphatic heterocycles. The van der Waals surface area contributed by atoms with Crippen molar-refractivity contribution in [3.05, 3.63) is 37.8 Å². The summed E-state index contributed by atoms with van der Waals surface area (Å²) in [6.45, 7) is 13.6. The summed E-state index contributed by atoms with van der Waals surface area (Å²) in [5.41, 5.74) is 0. The number of carbonyl (C=O) groups excluding carboxylic acids is 4. The molecule has 1 heterocycles. The Labute approximate surface area is 179 Å². The number of hydrogen-bond donors (Lipinski definition) is 0. The van der Waals surface area contributed by atoms with Gasteiger partial charge in [-0.15, -0.1) is 0 Å². The molecule has 0 aromatic rings. The number of carbonyl (C=O) groups is 4. The van der Waals surface area contributed by atoms with Gasteiger partial charge in [0.15, 0.2) is 0 Å². The summed E-state index contributed by atoms with van der Waals surface area (Å²) in [5, 5.41) is 0. The van der Waals surface area contributed by atoms with Gasteiger partial charge in [0.25, 0.3) is 0 Å². The topological polar surface area (TPSA) is 99.2 Å². The van der Waals surface area contributed by atoms with Crippen LogP contribution in [0.1, 0.15) is 59.3 Å². The quantitative estimate of drug-likeness (QED) is 0.173. The summed E-state index contributed by atoms with van der Waals surface area (Å²) >= 11 is 0. The molecule has 0 saturated carbocycles. The number of hydrogen-bond acceptors (Lipinski definition) is 7. The normalized spacial score (nSPS) is 12.1. The van der Waals surface area contributed by atoms with Gasteiger partial charge in [-0.05, 0) is 25.5 Å². The maximum absolute atomic E-state index is 11.0. The molecule has 0 bridgehead atoms. The van der Waals surface area contributed by atoms with E-state index in [4.69, 9.17) is 9.47 Å². The molecule has 1 aliphatic rings. The number of unbranched alkanes of at least 4 members (excludes halogenated alkanes) is 2. The molecule has 1 saturated heterocycles. The fraction of sp³-hybridized carbons (Fsp3) is 0.545. The van der Waals surface area contributed by atoms with Gasteiger partial charge in [0, 0.05) is 32.0 Å². The Morgan fingerprint density at radius 1 is 1.00 bits per heavy atom. The summed E-state index contributed by atoms with van der Waals surface area (Å²) in [6.07, 6.45) is 10.2. The lowest BCUT2D eigenvalue weighted by Crippen LogP contribution is -2.16. The van der Waals surface area contributed by atoms with Crippen LogP contribution < -0.4 is 0 Å². The zero-order valence-corrected chi connectivity index (χ0v) is 18.4. The van der Waals surface area contributed by atoms with Crippen molar-refractivity contribution in [2.24, 2.45) is 0 Å². The highest BCUT2D eigenvalue weighted by Crippen LogP contribution is 2.08. The highest BCUT2D eigenvalue weighted by Gasteiger charge is 2.16. The standard InChI is InChI=1S/C12H20O4.C6H9NO.C4H6O2/c1-3-5-9-15-11(13)7-8-12(14)16-10-6-4-2;1-2-7-5-3-4-6(7)8;1-3-6-4(2)5/h7-8H,3-6,9-10H2,1-2H3;2H,1,3-5H2;3H,1H2,2H3. The van der Waals surface area contributed by atoms with Gasteiger partial charge in [-0.25, -0.2) is 9.59 Å². The van der Waals surface area contributed by atoms with E-state index in [9.17, 15) is 19.2 Å². The van der Waals surface area contributed by atoms with Gasteiger partial charge < -0.3 is 19.1 Å². The van der Waals surface area contributed by atoms with E-state index in [0.717, 1.165) is 57.1 Å². The van der Waals surface area contributed by atoms with Gasteiger partial charge in [0.1, 0.15) is 0 Å². The highest BCUT2D eigenvalue weighted by atomic mass is 16.5. The first kappa shape index (κ1) is 29.3. The summed E-state index contributed by atoms with van der Waals surface area (Å²) in [4.78, 5) is 44.1. The zero-order chi connectivity index (χ0) is 23.2. The molecular formula is C22H35NO7. The lowest BCUT2D eigenvalue weighted by molar-refractivity contribution is -0.140. The predicted molar refractivity (Wildman–Crippen MR) is 114 cm³/mol. The van der Waals surface area contributed by atoms with E-state index in [-0.39, 0.29) is 11.9 Å². The van der Waals surface area contributed by atoms with Crippen LogP contribution in [0.15, 0.2) is 37.8 Å². The molecule has 1 amide bonds. The number of likely N-dealkylation sites (tertiary alicyclic amines) is 1. The summed E-state index contributed by atoms with van der Waals surface area (Å²) in [7, 11) is 0. The molecule has 8 heteroatoms. The van der Waals surface area contributed by atoms with Gasteiger partial charge in [-0.2, -0.15) is 0 Å². The van der Waals surface area contributed by atoms with Crippen molar-refractivity contribution >= 4 is 23.8 Å². The largest absolute Gasteiger partial charge is 0.463 e. The van der Waals surface area contributed by atoms with Crippen molar-refractivity contribution in [2.45, 2.75) is 59.3 Å². The van der Waals surface area contributed by atoms with Crippen molar-refractivity contribution in [1.82, 2.24) is 4.90 Å². The lowest BCUT2D eigenvalue weighted by Gasteiger charge is -2.05. The van der Waals surface area contributed by atoms with Crippen LogP contribution in [0.25, 0.3) is 0 Å². The molecule has 30 heavy (non-hydrogen) atoms. The van der Waals surface area contributed by atoms with E-state index in [2.05, 4.69) is 17.9 Å². The SMILES string of the molecule is C=CN1CCCC1=O.C=COC(C)=O.CCCCOC(=O)C=CC(=O)OCCCC. The Hall–Kier alpha value is -2.90. The zero-order valence-electron chi connectivity index (χ0n) is 18.4. The molecule has 0 aromatic carbocycles. The molecule has 8 nitrogen and oxygen atoms in total. The van der Waals surface area contributed by atoms with E-state index in [1.807, 2.05) is 13.8 Å². The molecule has 0 radical (unpaired) electrons. The van der Waals surface area contributed by atoms with Crippen LogP contribution >= 0.6 is 0 Å². The third-order valence-electron chi connectivity index (χ3n) is 3.42. The van der Waals surface area contributed by atoms with Gasteiger partial charge in [0.2, 0.25) is 5.91 Å². The third kappa shape index (κ3) is 19.9. The highest BCUT2D eigenvalue weighted by molar-refractivity contribution is 5.91. The molecular weight excluding hydrogens is 390 g/mol. The maximum Gasteiger partial charge on any atom is 0.331 e. The summed E-state index contributed by atoms with van der Waals surface area (Å²) in [6, 6.07) is 0. The van der Waals surface area contributed by atoms with Crippen LogP contribution in [0.5, 0.6) is 0 Å². The average molecular weight is 426 g/mol. The minimum atomic E-state index is -0.499. The van der Waals surface area contributed by atoms with E-state index in [1.165, 1.54) is 6.92 Å². The Morgan fingerprint density at radius 2 is 1.50 bits per heavy atom. The minimum Gasteiger partial charge on any atom is -0.463 e. The molecule has 0 N–H and O–H groups in total. The van der Waals surface area contributed by atoms with Crippen LogP contribution in [-0.2, 0) is 33.4 Å². The number of ether oxygens (including phenoxy) is 3. The number of esters is 3. The number of nitrogens with zero attached hydrogens (tertiary/aromatic N) is 1. The molecule has 0 aliphatic carbocycles. The van der Waals surface area contributed by atoms with Crippen LogP contribution in [0.4, 0.5) is 0 Å². The fourth-order valence-corrected chi connectivity index (χ4v) is 1.85. The van der Waals surface area contributed by atoms with Crippen LogP contribution in [0.3, 0.4) is 0 Å². The molecule has 170 valence electrons. The van der Waals surface area contributed by atoms with Gasteiger partial charge >= 0.3 is 17.9 Å². The van der Waals surface area contributed by atoms with E-state index in [0.29, 0.717) is 19.6 Å². The summed E-state index contributed by atoms with van der Waals surface area (Å²) in [5.74, 6) is -1.12. The molecule has 0 spiro atoms. The maximum atomic E-state index is 11.0. The molecule has 0 unspecified atom stereocenters. The van der Waals surface area contributed by atoms with Gasteiger partial charge in [-0.1, -0.05) is 39.8 Å². The molecule has 0 atom stereocenters. The lowest BCUT2D eigenvalue weighted by atomic mass is 10.4. The predicted octanol–water partition coefficient (Wildman–Crippen LogP) is 3.67. The van der Waals surface area contributed by atoms with Crippen molar-refractivity contribution in [1.29, 1.82) is 0 Å². The minimum absolute atomic E-state index is 0.208. The number of rotatable bonds is 10. The van der Waals surface area contributed by atoms with Crippen LogP contribution in [-0.4, -0.2) is 48.5 Å². The van der Waals surface area contributed by atoms with Crippen molar-refractivity contribution in [2.75, 3.05) is 19.8 Å². The molecule has 1 fully saturated rings. The monoisotopic (exact) mass is 425 g/mol. The second kappa shape index (κ2) is 20.8. The first-order valence-corrected chi connectivity index (χ1v) is 10.0. The van der Waals surface area contributed by atoms with E-state index in [1.54, 1.807) is 11.1 Å². The van der Waals surface area contributed by atoms with Crippen molar-refractivity contribution < 1.29 is 33.4 Å². The third-order valence-corrected chi connectivity index (χ3v) is 3.42. The second-order valence-corrected chi connectivity index (χ2v) is 6.02. The van der Waals surface area contributed by atoms with Crippen LogP contribution in [0.2, 0.25) is 0 Å². The number of amides is 1. The molecule has 0 aromatic heterocycles. The Bertz CT molecular complexity index is 546.